The van der Waals surface area contributed by atoms with Crippen LogP contribution in [0.1, 0.15) is 103 Å². The van der Waals surface area contributed by atoms with Gasteiger partial charge in [-0.25, -0.2) is 0 Å². The maximum atomic E-state index is 13.8. The summed E-state index contributed by atoms with van der Waals surface area (Å²) < 4.78 is 27.5. The van der Waals surface area contributed by atoms with Crippen molar-refractivity contribution in [3.8, 4) is 0 Å². The molecular weight excluding hydrogens is 532 g/mol. The van der Waals surface area contributed by atoms with Crippen molar-refractivity contribution >= 4 is 15.9 Å². The minimum Gasteiger partial charge on any atom is -0.190 e. The van der Waals surface area contributed by atoms with Crippen molar-refractivity contribution in [2.45, 2.75) is 120 Å². The van der Waals surface area contributed by atoms with Gasteiger partial charge in [0.25, 0.3) is 9.46 Å². The Balaban J connectivity index is 0.00000225. The first-order valence-corrected chi connectivity index (χ1v) is 15.0. The summed E-state index contributed by atoms with van der Waals surface area (Å²) >= 11 is 0. The Bertz CT molecular complexity index is 444. The minimum atomic E-state index is -2.91. The van der Waals surface area contributed by atoms with Crippen molar-refractivity contribution in [1.82, 2.24) is 0 Å². The summed E-state index contributed by atoms with van der Waals surface area (Å²) in [5, 5.41) is 0. The van der Waals surface area contributed by atoms with Crippen LogP contribution in [-0.2, 0) is 31.8 Å². The van der Waals surface area contributed by atoms with Crippen LogP contribution >= 0.6 is 6.46 Å². The Morgan fingerprint density at radius 3 is 1.16 bits per heavy atom. The summed E-state index contributed by atoms with van der Waals surface area (Å²) in [7, 11) is -2.91. The Labute approximate surface area is 172 Å². The van der Waals surface area contributed by atoms with Crippen molar-refractivity contribution < 1.29 is 30.8 Å². The number of rotatable bonds is 5. The van der Waals surface area contributed by atoms with Gasteiger partial charge in [0.15, 0.2) is 0 Å². The molecular formula is C20H38AuO2PS+. The van der Waals surface area contributed by atoms with E-state index in [-0.39, 0.29) is 22.4 Å². The SMILES string of the molecule is CCS(=O)(=O)[P+](C1CCCCC1)(C1CCCCC1)C1CCCCC1.[Au]. The zero-order chi connectivity index (χ0) is 17.0. The van der Waals surface area contributed by atoms with Crippen LogP contribution in [0.4, 0.5) is 0 Å². The van der Waals surface area contributed by atoms with E-state index < -0.39 is 15.9 Å². The molecule has 1 radical (unpaired) electrons. The molecule has 0 heterocycles. The van der Waals surface area contributed by atoms with E-state index in [0.717, 1.165) is 0 Å². The number of hydrogen-bond acceptors (Lipinski definition) is 2. The first kappa shape index (κ1) is 22.4. The quantitative estimate of drug-likeness (QED) is 0.285. The zero-order valence-corrected chi connectivity index (χ0v) is 19.9. The van der Waals surface area contributed by atoms with Crippen LogP contribution in [0.25, 0.3) is 0 Å². The Morgan fingerprint density at radius 2 is 0.920 bits per heavy atom. The predicted octanol–water partition coefficient (Wildman–Crippen LogP) is 6.35. The summed E-state index contributed by atoms with van der Waals surface area (Å²) in [5.41, 5.74) is 1.67. The van der Waals surface area contributed by atoms with E-state index in [9.17, 15) is 8.42 Å². The summed E-state index contributed by atoms with van der Waals surface area (Å²) in [6, 6.07) is 0. The largest absolute Gasteiger partial charge is 0.256 e. The molecule has 0 aromatic rings. The first-order chi connectivity index (χ1) is 11.6. The second kappa shape index (κ2) is 10.1. The smallest absolute Gasteiger partial charge is 0.190 e. The molecule has 3 rings (SSSR count). The molecule has 0 aliphatic heterocycles. The summed E-state index contributed by atoms with van der Waals surface area (Å²) in [5.74, 6) is 0.407. The standard InChI is InChI=1S/C20H38O2PS.Au/c1-2-24(21,22)23(18-12-6-3-7-13-18,19-14-8-4-9-15-19)20-16-10-5-11-17-20;/h18-20H,2-17H2,1H3;/q+1;. The molecule has 151 valence electrons. The van der Waals surface area contributed by atoms with E-state index in [1.807, 2.05) is 6.92 Å². The molecule has 5 heteroatoms. The second-order valence-corrected chi connectivity index (χ2v) is 17.5. The maximum absolute atomic E-state index is 13.8. The summed E-state index contributed by atoms with van der Waals surface area (Å²) in [6.45, 7) is -0.0101. The van der Waals surface area contributed by atoms with Crippen LogP contribution in [0.3, 0.4) is 0 Å². The molecule has 3 fully saturated rings. The van der Waals surface area contributed by atoms with E-state index >= 15 is 0 Å². The normalized spacial score (nSPS) is 25.5. The fourth-order valence-electron chi connectivity index (χ4n) is 6.25. The molecule has 0 aromatic carbocycles. The van der Waals surface area contributed by atoms with E-state index in [2.05, 4.69) is 0 Å². The van der Waals surface area contributed by atoms with Crippen molar-refractivity contribution in [1.29, 1.82) is 0 Å². The molecule has 0 unspecified atom stereocenters. The third-order valence-corrected chi connectivity index (χ3v) is 20.3. The molecule has 0 aromatic heterocycles. The van der Waals surface area contributed by atoms with Gasteiger partial charge in [0.1, 0.15) is 6.46 Å². The molecule has 0 amide bonds. The topological polar surface area (TPSA) is 34.1 Å². The van der Waals surface area contributed by atoms with E-state index in [4.69, 9.17) is 0 Å². The average Bonchev–Trinajstić information content (AvgIpc) is 2.65. The van der Waals surface area contributed by atoms with Crippen LogP contribution < -0.4 is 0 Å². The van der Waals surface area contributed by atoms with E-state index in [1.165, 1.54) is 96.3 Å². The van der Waals surface area contributed by atoms with Gasteiger partial charge >= 0.3 is 0 Å². The van der Waals surface area contributed by atoms with Crippen molar-refractivity contribution in [3.05, 3.63) is 0 Å². The number of hydrogen-bond donors (Lipinski definition) is 0. The van der Waals surface area contributed by atoms with Crippen LogP contribution in [0, 0.1) is 0 Å². The molecule has 3 aliphatic carbocycles. The summed E-state index contributed by atoms with van der Waals surface area (Å²) in [4.78, 5) is 0. The van der Waals surface area contributed by atoms with Crippen molar-refractivity contribution in [2.75, 3.05) is 5.75 Å². The molecule has 0 bridgehead atoms. The van der Waals surface area contributed by atoms with Gasteiger partial charge in [0.2, 0.25) is 0 Å². The molecule has 2 nitrogen and oxygen atoms in total. The van der Waals surface area contributed by atoms with Gasteiger partial charge in [-0.2, -0.15) is 8.42 Å². The molecule has 3 saturated carbocycles. The van der Waals surface area contributed by atoms with Gasteiger partial charge < -0.3 is 0 Å². The van der Waals surface area contributed by atoms with Crippen molar-refractivity contribution in [3.63, 3.8) is 0 Å². The molecule has 3 aliphatic rings. The molecule has 0 atom stereocenters. The monoisotopic (exact) mass is 570 g/mol. The van der Waals surface area contributed by atoms with E-state index in [0.29, 0.717) is 22.7 Å². The Kier molecular flexibility index (Phi) is 9.02. The van der Waals surface area contributed by atoms with Gasteiger partial charge in [-0.3, -0.25) is 0 Å². The molecule has 0 N–H and O–H groups in total. The van der Waals surface area contributed by atoms with Gasteiger partial charge in [-0.15, -0.1) is 0 Å². The summed E-state index contributed by atoms with van der Waals surface area (Å²) in [6.07, 6.45) is 19.0. The fraction of sp³-hybridized carbons (Fsp3) is 1.00. The second-order valence-electron chi connectivity index (χ2n) is 8.51. The Morgan fingerprint density at radius 1 is 0.640 bits per heavy atom. The molecule has 0 spiro atoms. The molecule has 25 heavy (non-hydrogen) atoms. The average molecular weight is 571 g/mol. The van der Waals surface area contributed by atoms with Gasteiger partial charge in [0.05, 0.1) is 22.7 Å². The van der Waals surface area contributed by atoms with Crippen LogP contribution in [0.15, 0.2) is 0 Å². The zero-order valence-electron chi connectivity index (χ0n) is 16.0. The van der Waals surface area contributed by atoms with Gasteiger partial charge in [0, 0.05) is 22.4 Å². The van der Waals surface area contributed by atoms with Crippen LogP contribution in [0.2, 0.25) is 0 Å². The minimum absolute atomic E-state index is 0. The third-order valence-electron chi connectivity index (χ3n) is 7.28. The third kappa shape index (κ3) is 4.42. The van der Waals surface area contributed by atoms with Gasteiger partial charge in [-0.1, -0.05) is 19.3 Å². The van der Waals surface area contributed by atoms with Crippen LogP contribution in [0.5, 0.6) is 0 Å². The van der Waals surface area contributed by atoms with E-state index in [1.54, 1.807) is 0 Å². The fourth-order valence-corrected chi connectivity index (χ4v) is 20.7. The van der Waals surface area contributed by atoms with Crippen molar-refractivity contribution in [2.24, 2.45) is 0 Å². The molecule has 0 saturated heterocycles. The first-order valence-electron chi connectivity index (χ1n) is 10.7. The predicted molar refractivity (Wildman–Crippen MR) is 107 cm³/mol. The maximum Gasteiger partial charge on any atom is 0.256 e. The Hall–Kier alpha value is 1.12. The van der Waals surface area contributed by atoms with Gasteiger partial charge in [-0.05, 0) is 84.0 Å². The van der Waals surface area contributed by atoms with Crippen LogP contribution in [-0.4, -0.2) is 31.1 Å².